The Morgan fingerprint density at radius 3 is 2.17 bits per heavy atom. The largest absolute Gasteiger partial charge is 0.761 e. The van der Waals surface area contributed by atoms with Crippen LogP contribution in [0.1, 0.15) is 81.5 Å². The highest BCUT2D eigenvalue weighted by Gasteiger charge is 2.53. The van der Waals surface area contributed by atoms with Crippen LogP contribution in [0, 0.1) is 5.21 Å². The van der Waals surface area contributed by atoms with Crippen molar-refractivity contribution in [1.82, 2.24) is 10.6 Å². The van der Waals surface area contributed by atoms with Crippen LogP contribution in [-0.2, 0) is 21.7 Å². The fraction of sp³-hybridized carbons (Fsp3) is 0.308. The van der Waals surface area contributed by atoms with Crippen LogP contribution >= 0.6 is 0 Å². The van der Waals surface area contributed by atoms with Crippen LogP contribution in [0.4, 0.5) is 5.69 Å². The summed E-state index contributed by atoms with van der Waals surface area (Å²) in [6.45, 7) is 1.76. The summed E-state index contributed by atoms with van der Waals surface area (Å²) in [5.74, 6) is -0.560. The molecule has 2 heterocycles. The molecule has 14 nitrogen and oxygen atoms in total. The number of unbranched alkanes of at least 4 members (excludes halogenated alkanes) is 3. The minimum atomic E-state index is -1.40. The maximum absolute atomic E-state index is 13.3. The summed E-state index contributed by atoms with van der Waals surface area (Å²) in [6.07, 6.45) is 3.73. The Balaban J connectivity index is 0.980. The lowest BCUT2D eigenvalue weighted by Gasteiger charge is -2.36. The molecule has 2 aliphatic rings. The molecule has 1 amide bonds. The summed E-state index contributed by atoms with van der Waals surface area (Å²) < 4.78 is 23.1. The van der Waals surface area contributed by atoms with Crippen LogP contribution in [0.15, 0.2) is 66.7 Å². The van der Waals surface area contributed by atoms with Crippen LogP contribution in [0.2, 0.25) is 0 Å². The van der Waals surface area contributed by atoms with Crippen molar-refractivity contribution in [2.75, 3.05) is 32.3 Å². The minimum Gasteiger partial charge on any atom is -0.761 e. The Morgan fingerprint density at radius 1 is 0.830 bits per heavy atom. The third-order valence-electron chi connectivity index (χ3n) is 9.21. The number of nitrogens with one attached hydrogen (secondary N) is 3. The van der Waals surface area contributed by atoms with E-state index in [-0.39, 0.29) is 47.5 Å². The van der Waals surface area contributed by atoms with Gasteiger partial charge in [-0.05, 0) is 73.8 Å². The van der Waals surface area contributed by atoms with Crippen LogP contribution in [-0.4, -0.2) is 60.0 Å². The Kier molecular flexibility index (Phi) is 11.2. The second-order valence-electron chi connectivity index (χ2n) is 12.7. The molecule has 0 aromatic heterocycles. The van der Waals surface area contributed by atoms with Gasteiger partial charge in [0.15, 0.2) is 17.1 Å². The summed E-state index contributed by atoms with van der Waals surface area (Å²) in [4.78, 5) is 37.2. The number of carbonyl (C=O) groups is 3. The molecule has 0 radical (unpaired) electrons. The fourth-order valence-electron chi connectivity index (χ4n) is 6.62. The summed E-state index contributed by atoms with van der Waals surface area (Å²) >= 11 is 0. The SMILES string of the molecule is COc1cc(CNCCCCCCNC(=O)c2ccc3c(c2)C(=O)OC32c3ccc(O)cc3Oc3cc(O)ccc32)c(N[O-])cc1OCCCC(=O)O. The zero-order valence-corrected chi connectivity index (χ0v) is 29.0. The third kappa shape index (κ3) is 7.78. The van der Waals surface area contributed by atoms with Gasteiger partial charge in [0, 0.05) is 65.7 Å². The van der Waals surface area contributed by atoms with Gasteiger partial charge >= 0.3 is 11.9 Å². The van der Waals surface area contributed by atoms with Gasteiger partial charge in [0.1, 0.15) is 23.0 Å². The van der Waals surface area contributed by atoms with Gasteiger partial charge < -0.3 is 55.6 Å². The number of hydrogen-bond donors (Lipinski definition) is 6. The van der Waals surface area contributed by atoms with E-state index in [9.17, 15) is 29.8 Å². The summed E-state index contributed by atoms with van der Waals surface area (Å²) in [7, 11) is 1.49. The van der Waals surface area contributed by atoms with E-state index >= 15 is 0 Å². The number of amides is 1. The number of aliphatic carboxylic acids is 1. The Morgan fingerprint density at radius 2 is 1.51 bits per heavy atom. The standard InChI is InChI=1S/C39H40N3O11/c1-50-34-18-24(31(42-49)21-35(34)51-16-6-7-36(45)46)22-40-14-4-2-3-5-15-41-37(47)23-8-11-28-27(17-23)38(48)53-39(28)29-12-9-25(43)19-32(29)52-33-20-26(44)10-13-30(33)39/h8-13,17-21,40,42-44H,2-7,14-16,22H2,1H3,(H,41,47)(H,45,46)/q-1. The number of carboxylic acid groups (broad SMARTS) is 1. The first-order valence-corrected chi connectivity index (χ1v) is 17.3. The molecule has 6 rings (SSSR count). The second kappa shape index (κ2) is 16.1. The molecule has 0 fully saturated rings. The molecule has 278 valence electrons. The first kappa shape index (κ1) is 36.8. The average molecular weight is 727 g/mol. The number of carboxylic acids is 1. The number of esters is 1. The fourth-order valence-corrected chi connectivity index (χ4v) is 6.62. The number of ether oxygens (including phenoxy) is 4. The lowest BCUT2D eigenvalue weighted by molar-refractivity contribution is -0.137. The van der Waals surface area contributed by atoms with Crippen molar-refractivity contribution in [2.45, 2.75) is 50.7 Å². The van der Waals surface area contributed by atoms with Crippen molar-refractivity contribution >= 4 is 23.5 Å². The van der Waals surface area contributed by atoms with Crippen molar-refractivity contribution in [3.05, 3.63) is 105 Å². The first-order valence-electron chi connectivity index (χ1n) is 17.3. The number of carbonyl (C=O) groups excluding carboxylic acids is 2. The highest BCUT2D eigenvalue weighted by Crippen LogP contribution is 2.57. The molecule has 14 heteroatoms. The van der Waals surface area contributed by atoms with Gasteiger partial charge in [0.25, 0.3) is 5.91 Å². The van der Waals surface area contributed by atoms with E-state index in [1.165, 1.54) is 37.4 Å². The van der Waals surface area contributed by atoms with Gasteiger partial charge in [-0.1, -0.05) is 18.9 Å². The van der Waals surface area contributed by atoms with Crippen molar-refractivity contribution in [2.24, 2.45) is 0 Å². The molecule has 6 N–H and O–H groups in total. The highest BCUT2D eigenvalue weighted by atomic mass is 16.6. The number of phenolic OH excluding ortho intramolecular Hbond substituents is 2. The predicted molar refractivity (Wildman–Crippen MR) is 193 cm³/mol. The first-order chi connectivity index (χ1) is 25.6. The van der Waals surface area contributed by atoms with Gasteiger partial charge in [0.05, 0.1) is 19.3 Å². The molecule has 0 aliphatic carbocycles. The van der Waals surface area contributed by atoms with Crippen molar-refractivity contribution < 1.29 is 48.7 Å². The van der Waals surface area contributed by atoms with Crippen molar-refractivity contribution in [3.8, 4) is 34.5 Å². The van der Waals surface area contributed by atoms with E-state index in [0.717, 1.165) is 25.7 Å². The monoisotopic (exact) mass is 726 g/mol. The second-order valence-corrected chi connectivity index (χ2v) is 12.7. The number of methoxy groups -OCH3 is 1. The van der Waals surface area contributed by atoms with Gasteiger partial charge in [-0.2, -0.15) is 0 Å². The lowest BCUT2D eigenvalue weighted by Crippen LogP contribution is -2.33. The number of benzene rings is 4. The van der Waals surface area contributed by atoms with E-state index in [4.69, 9.17) is 24.1 Å². The molecule has 4 aromatic rings. The van der Waals surface area contributed by atoms with E-state index in [2.05, 4.69) is 10.6 Å². The maximum Gasteiger partial charge on any atom is 0.340 e. The van der Waals surface area contributed by atoms with Gasteiger partial charge in [-0.3, -0.25) is 9.59 Å². The molecule has 0 bridgehead atoms. The quantitative estimate of drug-likeness (QED) is 0.0426. The maximum atomic E-state index is 13.3. The van der Waals surface area contributed by atoms with Crippen LogP contribution in [0.25, 0.3) is 0 Å². The number of fused-ring (bicyclic) bond motifs is 6. The Bertz CT molecular complexity index is 1960. The Labute approximate surface area is 305 Å². The van der Waals surface area contributed by atoms with Crippen molar-refractivity contribution in [3.63, 3.8) is 0 Å². The zero-order chi connectivity index (χ0) is 37.5. The van der Waals surface area contributed by atoms with Gasteiger partial charge in [-0.15, -0.1) is 0 Å². The van der Waals surface area contributed by atoms with Crippen LogP contribution in [0.3, 0.4) is 0 Å². The molecule has 2 aliphatic heterocycles. The molecule has 1 spiro atoms. The average Bonchev–Trinajstić information content (AvgIpc) is 3.43. The molecule has 53 heavy (non-hydrogen) atoms. The normalized spacial score (nSPS) is 13.3. The number of rotatable bonds is 17. The smallest absolute Gasteiger partial charge is 0.340 e. The van der Waals surface area contributed by atoms with E-state index < -0.39 is 17.5 Å². The van der Waals surface area contributed by atoms with Crippen LogP contribution in [0.5, 0.6) is 34.5 Å². The lowest BCUT2D eigenvalue weighted by atomic mass is 9.77. The van der Waals surface area contributed by atoms with E-state index in [0.29, 0.717) is 71.1 Å². The minimum absolute atomic E-state index is 0.0200. The Hall–Kier alpha value is -5.99. The number of aromatic hydroxyl groups is 2. The van der Waals surface area contributed by atoms with E-state index in [1.807, 2.05) is 5.48 Å². The molecule has 4 aromatic carbocycles. The van der Waals surface area contributed by atoms with Gasteiger partial charge in [0.2, 0.25) is 0 Å². The number of phenols is 2. The molecular weight excluding hydrogens is 686 g/mol. The van der Waals surface area contributed by atoms with E-state index in [1.54, 1.807) is 36.4 Å². The molecule has 0 saturated carbocycles. The molecule has 0 saturated heterocycles. The molecule has 0 atom stereocenters. The topological polar surface area (TPSA) is 208 Å². The van der Waals surface area contributed by atoms with Crippen molar-refractivity contribution in [1.29, 1.82) is 0 Å². The summed E-state index contributed by atoms with van der Waals surface area (Å²) in [6, 6.07) is 17.2. The number of anilines is 1. The predicted octanol–water partition coefficient (Wildman–Crippen LogP) is 5.91. The number of hydrogen-bond acceptors (Lipinski definition) is 12. The zero-order valence-electron chi connectivity index (χ0n) is 29.0. The summed E-state index contributed by atoms with van der Waals surface area (Å²) in [5.41, 5.74) is 3.65. The summed E-state index contributed by atoms with van der Waals surface area (Å²) in [5, 5.41) is 46.9. The van der Waals surface area contributed by atoms with Crippen LogP contribution < -0.4 is 30.3 Å². The van der Waals surface area contributed by atoms with Gasteiger partial charge in [-0.25, -0.2) is 4.79 Å². The highest BCUT2D eigenvalue weighted by molar-refractivity contribution is 6.01. The third-order valence-corrected chi connectivity index (χ3v) is 9.21. The molecular formula is C39H40N3O11-. The molecule has 0 unspecified atom stereocenters.